The second-order valence-corrected chi connectivity index (χ2v) is 5.01. The number of nitrogens with zero attached hydrogens (tertiary/aromatic N) is 1. The van der Waals surface area contributed by atoms with E-state index in [0.29, 0.717) is 34.3 Å². The fourth-order valence-electron chi connectivity index (χ4n) is 2.30. The molecule has 3 rings (SSSR count). The molecule has 7 nitrogen and oxygen atoms in total. The van der Waals surface area contributed by atoms with Crippen molar-refractivity contribution in [3.05, 3.63) is 45.6 Å². The van der Waals surface area contributed by atoms with Gasteiger partial charge in [-0.2, -0.15) is 0 Å². The molecule has 0 atom stereocenters. The number of benzene rings is 1. The standard InChI is InChI=1S/C15H15N3O4/c1-8-11(15(20)17-9(2)16-8)6-14(19)18-10-3-4-12-13(5-10)22-7-21-12/h3-5H,6-7H2,1-2H3,(H,18,19)(H,16,17,20). The third-order valence-electron chi connectivity index (χ3n) is 3.33. The van der Waals surface area contributed by atoms with E-state index in [9.17, 15) is 9.59 Å². The number of carbonyl (C=O) groups is 1. The summed E-state index contributed by atoms with van der Waals surface area (Å²) >= 11 is 0. The molecule has 114 valence electrons. The van der Waals surface area contributed by atoms with Gasteiger partial charge in [0.05, 0.1) is 6.42 Å². The molecule has 0 spiro atoms. The molecule has 0 saturated carbocycles. The van der Waals surface area contributed by atoms with Crippen LogP contribution in [0.1, 0.15) is 17.1 Å². The maximum absolute atomic E-state index is 12.1. The second-order valence-electron chi connectivity index (χ2n) is 5.01. The van der Waals surface area contributed by atoms with Crippen molar-refractivity contribution in [2.45, 2.75) is 20.3 Å². The average molecular weight is 301 g/mol. The van der Waals surface area contributed by atoms with Gasteiger partial charge in [-0.15, -0.1) is 0 Å². The molecular weight excluding hydrogens is 286 g/mol. The summed E-state index contributed by atoms with van der Waals surface area (Å²) in [6, 6.07) is 5.13. The first-order chi connectivity index (χ1) is 10.5. The van der Waals surface area contributed by atoms with Crippen molar-refractivity contribution < 1.29 is 14.3 Å². The molecule has 0 bridgehead atoms. The number of amides is 1. The van der Waals surface area contributed by atoms with E-state index in [0.717, 1.165) is 0 Å². The second kappa shape index (κ2) is 5.51. The van der Waals surface area contributed by atoms with Crippen molar-refractivity contribution in [1.82, 2.24) is 9.97 Å². The molecule has 0 fully saturated rings. The average Bonchev–Trinajstić information content (AvgIpc) is 2.90. The lowest BCUT2D eigenvalue weighted by Gasteiger charge is -2.07. The van der Waals surface area contributed by atoms with Gasteiger partial charge in [-0.25, -0.2) is 4.98 Å². The highest BCUT2D eigenvalue weighted by Crippen LogP contribution is 2.34. The monoisotopic (exact) mass is 301 g/mol. The number of hydrogen-bond donors (Lipinski definition) is 2. The lowest BCUT2D eigenvalue weighted by molar-refractivity contribution is -0.115. The van der Waals surface area contributed by atoms with Crippen LogP contribution in [0.25, 0.3) is 0 Å². The molecule has 1 amide bonds. The number of carbonyl (C=O) groups excluding carboxylic acids is 1. The van der Waals surface area contributed by atoms with Gasteiger partial charge in [-0.1, -0.05) is 0 Å². The van der Waals surface area contributed by atoms with Gasteiger partial charge in [0.2, 0.25) is 12.7 Å². The molecule has 7 heteroatoms. The minimum absolute atomic E-state index is 0.0388. The Labute approximate surface area is 126 Å². The zero-order chi connectivity index (χ0) is 15.7. The minimum atomic E-state index is -0.293. The molecule has 1 aliphatic heterocycles. The van der Waals surface area contributed by atoms with Gasteiger partial charge < -0.3 is 19.8 Å². The van der Waals surface area contributed by atoms with Crippen LogP contribution in [0.5, 0.6) is 11.5 Å². The van der Waals surface area contributed by atoms with Crippen molar-refractivity contribution in [2.24, 2.45) is 0 Å². The Bertz CT molecular complexity index is 798. The van der Waals surface area contributed by atoms with Crippen LogP contribution in [0, 0.1) is 13.8 Å². The predicted molar refractivity (Wildman–Crippen MR) is 79.2 cm³/mol. The Morgan fingerprint density at radius 1 is 1.32 bits per heavy atom. The number of anilines is 1. The summed E-state index contributed by atoms with van der Waals surface area (Å²) in [4.78, 5) is 30.8. The smallest absolute Gasteiger partial charge is 0.254 e. The molecule has 1 aromatic heterocycles. The molecular formula is C15H15N3O4. The Morgan fingerprint density at radius 3 is 2.86 bits per heavy atom. The van der Waals surface area contributed by atoms with Gasteiger partial charge in [0.1, 0.15) is 5.82 Å². The Balaban J connectivity index is 1.75. The SMILES string of the molecule is Cc1nc(C)c(CC(=O)Nc2ccc3c(c2)OCO3)c(=O)[nH]1. The van der Waals surface area contributed by atoms with Crippen LogP contribution in [0.15, 0.2) is 23.0 Å². The summed E-state index contributed by atoms with van der Waals surface area (Å²) < 4.78 is 10.5. The number of hydrogen-bond acceptors (Lipinski definition) is 5. The van der Waals surface area contributed by atoms with Gasteiger partial charge in [-0.3, -0.25) is 9.59 Å². The van der Waals surface area contributed by atoms with Crippen molar-refractivity contribution in [2.75, 3.05) is 12.1 Å². The molecule has 2 N–H and O–H groups in total. The molecule has 0 unspecified atom stereocenters. The number of H-pyrrole nitrogens is 1. The van der Waals surface area contributed by atoms with Crippen LogP contribution in [-0.2, 0) is 11.2 Å². The van der Waals surface area contributed by atoms with E-state index in [1.165, 1.54) is 0 Å². The molecule has 0 aliphatic carbocycles. The molecule has 22 heavy (non-hydrogen) atoms. The number of nitrogens with one attached hydrogen (secondary N) is 2. The van der Waals surface area contributed by atoms with Crippen molar-refractivity contribution >= 4 is 11.6 Å². The number of ether oxygens (including phenoxy) is 2. The first kappa shape index (κ1) is 14.1. The van der Waals surface area contributed by atoms with E-state index >= 15 is 0 Å². The first-order valence-corrected chi connectivity index (χ1v) is 6.79. The van der Waals surface area contributed by atoms with Gasteiger partial charge in [0.25, 0.3) is 5.56 Å². The molecule has 2 heterocycles. The lowest BCUT2D eigenvalue weighted by atomic mass is 10.1. The fourth-order valence-corrected chi connectivity index (χ4v) is 2.30. The van der Waals surface area contributed by atoms with Crippen molar-refractivity contribution in [1.29, 1.82) is 0 Å². The van der Waals surface area contributed by atoms with Gasteiger partial charge in [-0.05, 0) is 26.0 Å². The largest absolute Gasteiger partial charge is 0.454 e. The van der Waals surface area contributed by atoms with Crippen LogP contribution in [-0.4, -0.2) is 22.7 Å². The normalized spacial score (nSPS) is 12.3. The van der Waals surface area contributed by atoms with E-state index in [4.69, 9.17) is 9.47 Å². The van der Waals surface area contributed by atoms with Crippen LogP contribution in [0.3, 0.4) is 0 Å². The molecule has 1 aromatic carbocycles. The molecule has 2 aromatic rings. The Kier molecular flexibility index (Phi) is 3.54. The van der Waals surface area contributed by atoms with E-state index < -0.39 is 0 Å². The summed E-state index contributed by atoms with van der Waals surface area (Å²) in [5, 5.41) is 2.73. The molecule has 1 aliphatic rings. The third-order valence-corrected chi connectivity index (χ3v) is 3.33. The van der Waals surface area contributed by atoms with E-state index in [1.807, 2.05) is 0 Å². The zero-order valence-electron chi connectivity index (χ0n) is 12.2. The Hall–Kier alpha value is -2.83. The zero-order valence-corrected chi connectivity index (χ0v) is 12.2. The van der Waals surface area contributed by atoms with E-state index in [2.05, 4.69) is 15.3 Å². The van der Waals surface area contributed by atoms with Gasteiger partial charge in [0, 0.05) is 23.0 Å². The topological polar surface area (TPSA) is 93.3 Å². The fraction of sp³-hybridized carbons (Fsp3) is 0.267. The summed E-state index contributed by atoms with van der Waals surface area (Å²) in [6.07, 6.45) is -0.0388. The molecule has 0 saturated heterocycles. The number of fused-ring (bicyclic) bond motifs is 1. The van der Waals surface area contributed by atoms with Gasteiger partial charge >= 0.3 is 0 Å². The summed E-state index contributed by atoms with van der Waals surface area (Å²) in [6.45, 7) is 3.59. The quantitative estimate of drug-likeness (QED) is 0.891. The minimum Gasteiger partial charge on any atom is -0.454 e. The van der Waals surface area contributed by atoms with E-state index in [-0.39, 0.29) is 24.7 Å². The van der Waals surface area contributed by atoms with E-state index in [1.54, 1.807) is 32.0 Å². The van der Waals surface area contributed by atoms with Crippen molar-refractivity contribution in [3.8, 4) is 11.5 Å². The molecule has 0 radical (unpaired) electrons. The van der Waals surface area contributed by atoms with Crippen LogP contribution in [0.2, 0.25) is 0 Å². The summed E-state index contributed by atoms with van der Waals surface area (Å²) in [5.74, 6) is 1.47. The highest BCUT2D eigenvalue weighted by molar-refractivity contribution is 5.92. The van der Waals surface area contributed by atoms with Gasteiger partial charge in [0.15, 0.2) is 11.5 Å². The number of aryl methyl sites for hydroxylation is 2. The maximum atomic E-state index is 12.1. The summed E-state index contributed by atoms with van der Waals surface area (Å²) in [7, 11) is 0. The first-order valence-electron chi connectivity index (χ1n) is 6.79. The number of aromatic nitrogens is 2. The van der Waals surface area contributed by atoms with Crippen molar-refractivity contribution in [3.63, 3.8) is 0 Å². The maximum Gasteiger partial charge on any atom is 0.254 e. The number of aromatic amines is 1. The highest BCUT2D eigenvalue weighted by atomic mass is 16.7. The lowest BCUT2D eigenvalue weighted by Crippen LogP contribution is -2.24. The Morgan fingerprint density at radius 2 is 2.09 bits per heavy atom. The van der Waals surface area contributed by atoms with Crippen LogP contribution >= 0.6 is 0 Å². The van der Waals surface area contributed by atoms with Crippen LogP contribution < -0.4 is 20.3 Å². The summed E-state index contributed by atoms with van der Waals surface area (Å²) in [5.41, 5.74) is 1.22. The highest BCUT2D eigenvalue weighted by Gasteiger charge is 2.15. The third kappa shape index (κ3) is 2.78. The number of rotatable bonds is 3. The van der Waals surface area contributed by atoms with Crippen LogP contribution in [0.4, 0.5) is 5.69 Å². The predicted octanol–water partition coefficient (Wildman–Crippen LogP) is 1.30.